The predicted molar refractivity (Wildman–Crippen MR) is 80.3 cm³/mol. The highest BCUT2D eigenvalue weighted by molar-refractivity contribution is 7.99. The van der Waals surface area contributed by atoms with Gasteiger partial charge in [-0.1, -0.05) is 37.2 Å². The fourth-order valence-corrected chi connectivity index (χ4v) is 2.80. The maximum absolute atomic E-state index is 11.7. The number of hydrogen-bond donors (Lipinski definition) is 1. The second-order valence-electron chi connectivity index (χ2n) is 4.88. The first-order valence-electron chi connectivity index (χ1n) is 7.30. The van der Waals surface area contributed by atoms with Crippen molar-refractivity contribution in [3.63, 3.8) is 0 Å². The quantitative estimate of drug-likeness (QED) is 0.754. The molecule has 0 saturated heterocycles. The van der Waals surface area contributed by atoms with Crippen LogP contribution in [0.4, 0.5) is 0 Å². The Balaban J connectivity index is 2.05. The number of hydrogen-bond acceptors (Lipinski definition) is 6. The molecule has 0 spiro atoms. The molecule has 1 unspecified atom stereocenters. The van der Waals surface area contributed by atoms with Crippen molar-refractivity contribution in [3.05, 3.63) is 22.2 Å². The Morgan fingerprint density at radius 2 is 2.19 bits per heavy atom. The molecule has 1 atom stereocenters. The highest BCUT2D eigenvalue weighted by Crippen LogP contribution is 2.32. The Labute approximate surface area is 127 Å². The van der Waals surface area contributed by atoms with E-state index in [0.717, 1.165) is 31.5 Å². The van der Waals surface area contributed by atoms with Crippen molar-refractivity contribution in [2.45, 2.75) is 63.4 Å². The monoisotopic (exact) mass is 311 g/mol. The molecule has 0 aliphatic heterocycles. The van der Waals surface area contributed by atoms with Crippen LogP contribution in [-0.2, 0) is 13.0 Å². The van der Waals surface area contributed by atoms with Crippen molar-refractivity contribution in [2.75, 3.05) is 0 Å². The summed E-state index contributed by atoms with van der Waals surface area (Å²) in [5, 5.41) is 11.1. The van der Waals surface area contributed by atoms with Crippen molar-refractivity contribution in [2.24, 2.45) is 0 Å². The summed E-state index contributed by atoms with van der Waals surface area (Å²) >= 11 is 1.45. The molecule has 1 N–H and O–H groups in total. The van der Waals surface area contributed by atoms with Crippen LogP contribution in [0.5, 0.6) is 0 Å². The smallest absolute Gasteiger partial charge is 0.338 e. The highest BCUT2D eigenvalue weighted by atomic mass is 32.2. The summed E-state index contributed by atoms with van der Waals surface area (Å²) < 4.78 is 6.93. The Bertz CT molecular complexity index is 618. The molecule has 0 radical (unpaired) electrons. The fraction of sp³-hybridized carbons (Fsp3) is 0.692. The minimum Gasteiger partial charge on any atom is -0.338 e. The molecule has 2 aromatic heterocycles. The van der Waals surface area contributed by atoms with Gasteiger partial charge in [0, 0.05) is 13.0 Å². The van der Waals surface area contributed by atoms with E-state index in [2.05, 4.69) is 27.3 Å². The molecule has 2 rings (SSSR count). The second-order valence-corrected chi connectivity index (χ2v) is 6.18. The van der Waals surface area contributed by atoms with Crippen LogP contribution in [0.15, 0.2) is 14.5 Å². The first kappa shape index (κ1) is 15.8. The van der Waals surface area contributed by atoms with Crippen molar-refractivity contribution in [3.8, 4) is 0 Å². The number of aromatic amines is 1. The Hall–Kier alpha value is -1.57. The summed E-state index contributed by atoms with van der Waals surface area (Å²) in [7, 11) is 0. The van der Waals surface area contributed by atoms with Crippen molar-refractivity contribution < 1.29 is 4.52 Å². The van der Waals surface area contributed by atoms with E-state index < -0.39 is 0 Å². The number of H-pyrrole nitrogens is 1. The average Bonchev–Trinajstić information content (AvgIpc) is 3.07. The third-order valence-electron chi connectivity index (χ3n) is 3.04. The maximum Gasteiger partial charge on any atom is 0.343 e. The van der Waals surface area contributed by atoms with Crippen LogP contribution in [-0.4, -0.2) is 24.9 Å². The minimum absolute atomic E-state index is 0.0429. The lowest BCUT2D eigenvalue weighted by atomic mass is 10.2. The normalized spacial score (nSPS) is 12.7. The van der Waals surface area contributed by atoms with Crippen LogP contribution < -0.4 is 5.69 Å². The lowest BCUT2D eigenvalue weighted by Gasteiger charge is -2.06. The van der Waals surface area contributed by atoms with Crippen molar-refractivity contribution >= 4 is 11.8 Å². The SMILES string of the molecule is CCCCc1noc(C(C)Sc2n[nH]c(=O)n2CCC)n1. The molecule has 0 aliphatic rings. The molecular formula is C13H21N5O2S. The number of nitrogens with zero attached hydrogens (tertiary/aromatic N) is 4. The van der Waals surface area contributed by atoms with E-state index in [1.54, 1.807) is 4.57 Å². The number of thioether (sulfide) groups is 1. The van der Waals surface area contributed by atoms with Gasteiger partial charge in [-0.15, -0.1) is 5.10 Å². The summed E-state index contributed by atoms with van der Waals surface area (Å²) in [6, 6.07) is 0. The molecule has 0 bridgehead atoms. The van der Waals surface area contributed by atoms with Crippen LogP contribution in [0.25, 0.3) is 0 Å². The fourth-order valence-electron chi connectivity index (χ4n) is 1.89. The van der Waals surface area contributed by atoms with Gasteiger partial charge in [-0.3, -0.25) is 4.57 Å². The van der Waals surface area contributed by atoms with E-state index in [1.807, 2.05) is 13.8 Å². The van der Waals surface area contributed by atoms with Crippen LogP contribution in [0.2, 0.25) is 0 Å². The van der Waals surface area contributed by atoms with Crippen LogP contribution in [0.3, 0.4) is 0 Å². The van der Waals surface area contributed by atoms with Gasteiger partial charge >= 0.3 is 5.69 Å². The zero-order valence-electron chi connectivity index (χ0n) is 12.6. The van der Waals surface area contributed by atoms with Gasteiger partial charge in [0.15, 0.2) is 11.0 Å². The first-order valence-corrected chi connectivity index (χ1v) is 8.18. The standard InChI is InChI=1S/C13H21N5O2S/c1-4-6-7-10-14-11(20-17-10)9(3)21-13-16-15-12(19)18(13)8-5-2/h9H,4-8H2,1-3H3,(H,15,19). The van der Waals surface area contributed by atoms with Crippen LogP contribution >= 0.6 is 11.8 Å². The minimum atomic E-state index is -0.180. The Morgan fingerprint density at radius 3 is 2.90 bits per heavy atom. The van der Waals surface area contributed by atoms with Gasteiger partial charge in [0.2, 0.25) is 5.89 Å². The summed E-state index contributed by atoms with van der Waals surface area (Å²) in [4.78, 5) is 16.1. The van der Waals surface area contributed by atoms with E-state index in [9.17, 15) is 4.79 Å². The Morgan fingerprint density at radius 1 is 1.38 bits per heavy atom. The number of nitrogens with one attached hydrogen (secondary N) is 1. The first-order chi connectivity index (χ1) is 10.2. The largest absolute Gasteiger partial charge is 0.343 e. The van der Waals surface area contributed by atoms with Crippen molar-refractivity contribution in [1.82, 2.24) is 24.9 Å². The topological polar surface area (TPSA) is 89.6 Å². The van der Waals surface area contributed by atoms with Gasteiger partial charge in [-0.2, -0.15) is 4.98 Å². The van der Waals surface area contributed by atoms with E-state index in [4.69, 9.17) is 4.52 Å². The predicted octanol–water partition coefficient (Wildman–Crippen LogP) is 2.56. The van der Waals surface area contributed by atoms with E-state index in [-0.39, 0.29) is 10.9 Å². The third-order valence-corrected chi connectivity index (χ3v) is 4.12. The molecule has 8 heteroatoms. The second kappa shape index (κ2) is 7.44. The van der Waals surface area contributed by atoms with Crippen molar-refractivity contribution in [1.29, 1.82) is 0 Å². The van der Waals surface area contributed by atoms with Gasteiger partial charge in [-0.25, -0.2) is 9.89 Å². The summed E-state index contributed by atoms with van der Waals surface area (Å²) in [6.07, 6.45) is 3.87. The molecule has 2 heterocycles. The zero-order valence-corrected chi connectivity index (χ0v) is 13.4. The van der Waals surface area contributed by atoms with E-state index in [1.165, 1.54) is 11.8 Å². The molecule has 0 amide bonds. The van der Waals surface area contributed by atoms with Gasteiger partial charge in [0.05, 0.1) is 5.25 Å². The molecular weight excluding hydrogens is 290 g/mol. The lowest BCUT2D eigenvalue weighted by molar-refractivity contribution is 0.374. The molecule has 0 fully saturated rings. The van der Waals surface area contributed by atoms with Crippen LogP contribution in [0.1, 0.15) is 57.0 Å². The van der Waals surface area contributed by atoms with E-state index in [0.29, 0.717) is 17.6 Å². The molecule has 2 aromatic rings. The average molecular weight is 311 g/mol. The summed E-state index contributed by atoms with van der Waals surface area (Å²) in [6.45, 7) is 6.77. The molecule has 0 aliphatic carbocycles. The zero-order chi connectivity index (χ0) is 15.2. The van der Waals surface area contributed by atoms with Gasteiger partial charge in [-0.05, 0) is 19.8 Å². The molecule has 7 nitrogen and oxygen atoms in total. The number of aromatic nitrogens is 5. The van der Waals surface area contributed by atoms with Gasteiger partial charge < -0.3 is 4.52 Å². The number of rotatable bonds is 8. The van der Waals surface area contributed by atoms with Crippen LogP contribution in [0, 0.1) is 0 Å². The lowest BCUT2D eigenvalue weighted by Crippen LogP contribution is -2.17. The summed E-state index contributed by atoms with van der Waals surface area (Å²) in [5.41, 5.74) is -0.180. The van der Waals surface area contributed by atoms with Gasteiger partial charge in [0.25, 0.3) is 0 Å². The summed E-state index contributed by atoms with van der Waals surface area (Å²) in [5.74, 6) is 1.32. The van der Waals surface area contributed by atoms with E-state index >= 15 is 0 Å². The molecule has 0 aromatic carbocycles. The third kappa shape index (κ3) is 3.96. The Kier molecular flexibility index (Phi) is 5.60. The molecule has 21 heavy (non-hydrogen) atoms. The number of unbranched alkanes of at least 4 members (excludes halogenated alkanes) is 1. The molecule has 116 valence electrons. The molecule has 0 saturated carbocycles. The highest BCUT2D eigenvalue weighted by Gasteiger charge is 2.19. The van der Waals surface area contributed by atoms with Gasteiger partial charge in [0.1, 0.15) is 0 Å². The maximum atomic E-state index is 11.7. The number of aryl methyl sites for hydroxylation is 1.